The Kier molecular flexibility index (Phi) is 3.28. The fraction of sp³-hybridized carbons (Fsp3) is 0.200. The van der Waals surface area contributed by atoms with Crippen molar-refractivity contribution in [3.63, 3.8) is 0 Å². The summed E-state index contributed by atoms with van der Waals surface area (Å²) in [7, 11) is 0. The van der Waals surface area contributed by atoms with Crippen LogP contribution in [0, 0.1) is 0 Å². The summed E-state index contributed by atoms with van der Waals surface area (Å²) in [6.45, 7) is 1.39. The molecule has 80 valence electrons. The van der Waals surface area contributed by atoms with E-state index >= 15 is 0 Å². The molecule has 0 aromatic heterocycles. The minimum atomic E-state index is -0.966. The number of rotatable bonds is 3. The van der Waals surface area contributed by atoms with E-state index in [1.165, 1.54) is 31.2 Å². The largest absolute Gasteiger partial charge is 0.508 e. The fourth-order valence-corrected chi connectivity index (χ4v) is 0.884. The Labute approximate surface area is 86.5 Å². The monoisotopic (exact) mass is 209 g/mol. The molecule has 0 aliphatic carbocycles. The molecule has 0 aliphatic rings. The summed E-state index contributed by atoms with van der Waals surface area (Å²) in [6, 6.07) is 5.49. The number of hydrogen-bond acceptors (Lipinski definition) is 4. The molecule has 0 aliphatic heterocycles. The number of amides is 1. The summed E-state index contributed by atoms with van der Waals surface area (Å²) in [5.74, 6) is -1.31. The van der Waals surface area contributed by atoms with Gasteiger partial charge in [0.15, 0.2) is 6.10 Å². The first-order valence-corrected chi connectivity index (χ1v) is 4.30. The molecule has 1 aromatic carbocycles. The summed E-state index contributed by atoms with van der Waals surface area (Å²) >= 11 is 0. The van der Waals surface area contributed by atoms with E-state index in [0.717, 1.165) is 0 Å². The number of esters is 1. The minimum Gasteiger partial charge on any atom is -0.508 e. The van der Waals surface area contributed by atoms with Crippen LogP contribution in [-0.4, -0.2) is 23.1 Å². The molecule has 5 heteroatoms. The molecule has 0 radical (unpaired) electrons. The van der Waals surface area contributed by atoms with Crippen molar-refractivity contribution in [2.45, 2.75) is 13.0 Å². The average molecular weight is 209 g/mol. The van der Waals surface area contributed by atoms with E-state index in [-0.39, 0.29) is 11.3 Å². The van der Waals surface area contributed by atoms with Crippen molar-refractivity contribution < 1.29 is 19.4 Å². The van der Waals surface area contributed by atoms with Gasteiger partial charge in [0.05, 0.1) is 5.56 Å². The van der Waals surface area contributed by atoms with Crippen molar-refractivity contribution in [2.75, 3.05) is 0 Å². The number of nitrogens with two attached hydrogens (primary N) is 1. The van der Waals surface area contributed by atoms with E-state index in [4.69, 9.17) is 15.6 Å². The van der Waals surface area contributed by atoms with Crippen molar-refractivity contribution >= 4 is 11.9 Å². The van der Waals surface area contributed by atoms with Crippen molar-refractivity contribution in [1.82, 2.24) is 0 Å². The molecule has 0 spiro atoms. The number of carbonyl (C=O) groups excluding carboxylic acids is 2. The maximum atomic E-state index is 11.4. The van der Waals surface area contributed by atoms with Gasteiger partial charge >= 0.3 is 5.97 Å². The zero-order chi connectivity index (χ0) is 11.4. The molecule has 0 bridgehead atoms. The molecule has 0 saturated carbocycles. The van der Waals surface area contributed by atoms with Crippen LogP contribution in [0.5, 0.6) is 5.75 Å². The highest BCUT2D eigenvalue weighted by atomic mass is 16.5. The standard InChI is InChI=1S/C10H11NO4/c1-6(9(11)13)15-10(14)7-2-4-8(12)5-3-7/h2-6,12H,1H3,(H2,11,13)/t6-/m0/s1. The van der Waals surface area contributed by atoms with Crippen LogP contribution in [0.1, 0.15) is 17.3 Å². The van der Waals surface area contributed by atoms with Crippen molar-refractivity contribution in [3.8, 4) is 5.75 Å². The maximum Gasteiger partial charge on any atom is 0.338 e. The number of primary amides is 1. The molecular formula is C10H11NO4. The lowest BCUT2D eigenvalue weighted by atomic mass is 10.2. The number of benzene rings is 1. The van der Waals surface area contributed by atoms with E-state index in [9.17, 15) is 9.59 Å². The van der Waals surface area contributed by atoms with E-state index in [0.29, 0.717) is 0 Å². The third-order valence-electron chi connectivity index (χ3n) is 1.79. The third kappa shape index (κ3) is 2.98. The van der Waals surface area contributed by atoms with Crippen LogP contribution in [0.3, 0.4) is 0 Å². The van der Waals surface area contributed by atoms with Gasteiger partial charge in [-0.1, -0.05) is 0 Å². The Bertz CT molecular complexity index is 372. The Morgan fingerprint density at radius 2 is 1.87 bits per heavy atom. The van der Waals surface area contributed by atoms with Gasteiger partial charge in [-0.2, -0.15) is 0 Å². The smallest absolute Gasteiger partial charge is 0.338 e. The number of phenolic OH excluding ortho intramolecular Hbond substituents is 1. The number of aromatic hydroxyl groups is 1. The highest BCUT2D eigenvalue weighted by molar-refractivity contribution is 5.91. The van der Waals surface area contributed by atoms with Crippen LogP contribution < -0.4 is 5.73 Å². The van der Waals surface area contributed by atoms with Crippen LogP contribution in [-0.2, 0) is 9.53 Å². The second kappa shape index (κ2) is 4.45. The summed E-state index contributed by atoms with van der Waals surface area (Å²) in [5, 5.41) is 8.98. The van der Waals surface area contributed by atoms with Gasteiger partial charge in [0.1, 0.15) is 5.75 Å². The van der Waals surface area contributed by atoms with Crippen molar-refractivity contribution in [1.29, 1.82) is 0 Å². The molecule has 1 aromatic rings. The van der Waals surface area contributed by atoms with E-state index in [2.05, 4.69) is 0 Å². The number of phenols is 1. The second-order valence-corrected chi connectivity index (χ2v) is 3.00. The topological polar surface area (TPSA) is 89.6 Å². The van der Waals surface area contributed by atoms with Crippen LogP contribution >= 0.6 is 0 Å². The molecule has 5 nitrogen and oxygen atoms in total. The fourth-order valence-electron chi connectivity index (χ4n) is 0.884. The lowest BCUT2D eigenvalue weighted by molar-refractivity contribution is -0.125. The molecule has 0 unspecified atom stereocenters. The van der Waals surface area contributed by atoms with E-state index < -0.39 is 18.0 Å². The molecule has 1 rings (SSSR count). The first-order chi connectivity index (χ1) is 7.00. The van der Waals surface area contributed by atoms with Gasteiger partial charge in [-0.05, 0) is 31.2 Å². The lowest BCUT2D eigenvalue weighted by Crippen LogP contribution is -2.30. The highest BCUT2D eigenvalue weighted by Gasteiger charge is 2.15. The molecule has 15 heavy (non-hydrogen) atoms. The number of carbonyl (C=O) groups is 2. The van der Waals surface area contributed by atoms with E-state index in [1.54, 1.807) is 0 Å². The molecule has 1 amide bonds. The molecule has 3 N–H and O–H groups in total. The van der Waals surface area contributed by atoms with Gasteiger partial charge in [0, 0.05) is 0 Å². The predicted molar refractivity (Wildman–Crippen MR) is 52.2 cm³/mol. The molecule has 1 atom stereocenters. The van der Waals surface area contributed by atoms with Gasteiger partial charge in [0.25, 0.3) is 5.91 Å². The van der Waals surface area contributed by atoms with Crippen LogP contribution in [0.25, 0.3) is 0 Å². The average Bonchev–Trinajstić information content (AvgIpc) is 2.18. The molecule has 0 fully saturated rings. The summed E-state index contributed by atoms with van der Waals surface area (Å²) < 4.78 is 4.74. The summed E-state index contributed by atoms with van der Waals surface area (Å²) in [4.78, 5) is 22.0. The van der Waals surface area contributed by atoms with Crippen LogP contribution in [0.4, 0.5) is 0 Å². The third-order valence-corrected chi connectivity index (χ3v) is 1.79. The highest BCUT2D eigenvalue weighted by Crippen LogP contribution is 2.11. The first kappa shape index (κ1) is 11.0. The molecule has 0 saturated heterocycles. The van der Waals surface area contributed by atoms with Gasteiger partial charge in [-0.15, -0.1) is 0 Å². The quantitative estimate of drug-likeness (QED) is 0.706. The Morgan fingerprint density at radius 3 is 2.33 bits per heavy atom. The number of ether oxygens (including phenoxy) is 1. The van der Waals surface area contributed by atoms with Crippen molar-refractivity contribution in [3.05, 3.63) is 29.8 Å². The zero-order valence-electron chi connectivity index (χ0n) is 8.14. The minimum absolute atomic E-state index is 0.0505. The summed E-state index contributed by atoms with van der Waals surface area (Å²) in [5.41, 5.74) is 5.18. The van der Waals surface area contributed by atoms with Gasteiger partial charge < -0.3 is 15.6 Å². The zero-order valence-corrected chi connectivity index (χ0v) is 8.14. The Morgan fingerprint density at radius 1 is 1.33 bits per heavy atom. The predicted octanol–water partition coefficient (Wildman–Crippen LogP) is 0.423. The van der Waals surface area contributed by atoms with Gasteiger partial charge in [-0.25, -0.2) is 4.79 Å². The molecular weight excluding hydrogens is 198 g/mol. The maximum absolute atomic E-state index is 11.4. The SMILES string of the molecule is C[C@H](OC(=O)c1ccc(O)cc1)C(N)=O. The second-order valence-electron chi connectivity index (χ2n) is 3.00. The molecule has 0 heterocycles. The van der Waals surface area contributed by atoms with E-state index in [1.807, 2.05) is 0 Å². The first-order valence-electron chi connectivity index (χ1n) is 4.30. The van der Waals surface area contributed by atoms with Crippen LogP contribution in [0.2, 0.25) is 0 Å². The van der Waals surface area contributed by atoms with Gasteiger partial charge in [0.2, 0.25) is 0 Å². The Balaban J connectivity index is 2.69. The normalized spacial score (nSPS) is 11.8. The Hall–Kier alpha value is -2.04. The van der Waals surface area contributed by atoms with Gasteiger partial charge in [-0.3, -0.25) is 4.79 Å². The summed E-state index contributed by atoms with van der Waals surface area (Å²) in [6.07, 6.45) is -0.966. The lowest BCUT2D eigenvalue weighted by Gasteiger charge is -2.09. The number of hydrogen-bond donors (Lipinski definition) is 2. The van der Waals surface area contributed by atoms with Crippen LogP contribution in [0.15, 0.2) is 24.3 Å². The van der Waals surface area contributed by atoms with Crippen molar-refractivity contribution in [2.24, 2.45) is 5.73 Å².